The van der Waals surface area contributed by atoms with Crippen molar-refractivity contribution in [1.29, 1.82) is 0 Å². The van der Waals surface area contributed by atoms with Crippen LogP contribution in [0.5, 0.6) is 0 Å². The van der Waals surface area contributed by atoms with Crippen LogP contribution >= 0.6 is 0 Å². The Morgan fingerprint density at radius 2 is 1.93 bits per heavy atom. The topological polar surface area (TPSA) is 125 Å². The Balaban J connectivity index is 1.56. The van der Waals surface area contributed by atoms with E-state index in [4.69, 9.17) is 10.8 Å². The lowest BCUT2D eigenvalue weighted by molar-refractivity contribution is 0.0691. The Labute approximate surface area is 156 Å². The Morgan fingerprint density at radius 3 is 2.48 bits per heavy atom. The summed E-state index contributed by atoms with van der Waals surface area (Å²) in [7, 11) is 1.58. The number of hydrogen-bond acceptors (Lipinski definition) is 7. The third-order valence-electron chi connectivity index (χ3n) is 4.53. The van der Waals surface area contributed by atoms with Crippen LogP contribution in [0.4, 0.5) is 11.4 Å². The van der Waals surface area contributed by atoms with E-state index in [1.807, 2.05) is 6.07 Å². The Kier molecular flexibility index (Phi) is 5.51. The molecule has 0 atom stereocenters. The second-order valence-corrected chi connectivity index (χ2v) is 6.33. The lowest BCUT2D eigenvalue weighted by atomic mass is 10.2. The summed E-state index contributed by atoms with van der Waals surface area (Å²) in [5, 5.41) is 11.5. The molecular weight excluding hydrogens is 348 g/mol. The van der Waals surface area contributed by atoms with Gasteiger partial charge in [0, 0.05) is 46.0 Å². The summed E-state index contributed by atoms with van der Waals surface area (Å²) < 4.78 is 0. The molecule has 0 aliphatic carbocycles. The van der Waals surface area contributed by atoms with Gasteiger partial charge in [-0.3, -0.25) is 9.69 Å². The number of piperazine rings is 1. The van der Waals surface area contributed by atoms with Crippen LogP contribution in [0.25, 0.3) is 0 Å². The number of carbonyl (C=O) groups excluding carboxylic acids is 1. The molecule has 142 valence electrons. The van der Waals surface area contributed by atoms with Crippen molar-refractivity contribution in [2.45, 2.75) is 6.54 Å². The first-order valence-corrected chi connectivity index (χ1v) is 8.61. The van der Waals surface area contributed by atoms with Crippen LogP contribution in [0.1, 0.15) is 26.5 Å². The minimum atomic E-state index is -1.12. The highest BCUT2D eigenvalue weighted by Gasteiger charge is 2.19. The average molecular weight is 370 g/mol. The van der Waals surface area contributed by atoms with Gasteiger partial charge in [0.25, 0.3) is 5.91 Å². The number of rotatable bonds is 5. The quantitative estimate of drug-likeness (QED) is 0.692. The lowest BCUT2D eigenvalue weighted by Crippen LogP contribution is -2.46. The lowest BCUT2D eigenvalue weighted by Gasteiger charge is -2.36. The molecule has 0 saturated carbocycles. The fourth-order valence-electron chi connectivity index (χ4n) is 3.05. The predicted octanol–water partition coefficient (Wildman–Crippen LogP) is 0.439. The fraction of sp³-hybridized carbons (Fsp3) is 0.333. The predicted molar refractivity (Wildman–Crippen MR) is 101 cm³/mol. The highest BCUT2D eigenvalue weighted by atomic mass is 16.4. The van der Waals surface area contributed by atoms with Crippen LogP contribution in [0.15, 0.2) is 30.6 Å². The molecule has 3 rings (SSSR count). The van der Waals surface area contributed by atoms with Crippen LogP contribution in [0.2, 0.25) is 0 Å². The summed E-state index contributed by atoms with van der Waals surface area (Å²) in [6.07, 6.45) is 3.28. The molecule has 0 unspecified atom stereocenters. The van der Waals surface area contributed by atoms with Gasteiger partial charge in [-0.25, -0.2) is 14.8 Å². The summed E-state index contributed by atoms with van der Waals surface area (Å²) in [4.78, 5) is 35.2. The summed E-state index contributed by atoms with van der Waals surface area (Å²) in [5.74, 6) is -1.32. The van der Waals surface area contributed by atoms with Crippen LogP contribution in [0.3, 0.4) is 0 Å². The molecular formula is C18H22N6O3. The molecule has 3 heterocycles. The zero-order valence-electron chi connectivity index (χ0n) is 15.1. The van der Waals surface area contributed by atoms with E-state index in [1.165, 1.54) is 0 Å². The summed E-state index contributed by atoms with van der Waals surface area (Å²) >= 11 is 0. The van der Waals surface area contributed by atoms with Gasteiger partial charge in [0.1, 0.15) is 5.69 Å². The standard InChI is InChI=1S/C18H22N6O3/c1-20-17(25)15-3-2-13(10-21-15)24-6-4-23(5-7-24)11-12-8-14(19)16(18(26)27)22-9-12/h2-3,8-10H,4-7,11,19H2,1H3,(H,20,25)(H,26,27). The van der Waals surface area contributed by atoms with Gasteiger partial charge in [-0.15, -0.1) is 0 Å². The molecule has 1 aliphatic heterocycles. The fourth-order valence-corrected chi connectivity index (χ4v) is 3.05. The second-order valence-electron chi connectivity index (χ2n) is 6.33. The molecule has 27 heavy (non-hydrogen) atoms. The number of hydrogen-bond donors (Lipinski definition) is 3. The highest BCUT2D eigenvalue weighted by molar-refractivity contribution is 5.92. The van der Waals surface area contributed by atoms with E-state index in [-0.39, 0.29) is 17.3 Å². The first-order chi connectivity index (χ1) is 13.0. The molecule has 1 amide bonds. The molecule has 4 N–H and O–H groups in total. The molecule has 2 aromatic heterocycles. The van der Waals surface area contributed by atoms with Crippen molar-refractivity contribution in [3.8, 4) is 0 Å². The van der Waals surface area contributed by atoms with Gasteiger partial charge in [0.2, 0.25) is 0 Å². The maximum atomic E-state index is 11.6. The van der Waals surface area contributed by atoms with Crippen molar-refractivity contribution in [2.75, 3.05) is 43.9 Å². The molecule has 1 aliphatic rings. The largest absolute Gasteiger partial charge is 0.476 e. The minimum Gasteiger partial charge on any atom is -0.476 e. The smallest absolute Gasteiger partial charge is 0.356 e. The maximum Gasteiger partial charge on any atom is 0.356 e. The number of amides is 1. The summed E-state index contributed by atoms with van der Waals surface area (Å²) in [6.45, 7) is 4.02. The van der Waals surface area contributed by atoms with Crippen LogP contribution in [0, 0.1) is 0 Å². The number of anilines is 2. The van der Waals surface area contributed by atoms with Crippen molar-refractivity contribution >= 4 is 23.3 Å². The van der Waals surface area contributed by atoms with Crippen molar-refractivity contribution in [2.24, 2.45) is 0 Å². The van der Waals surface area contributed by atoms with Crippen molar-refractivity contribution < 1.29 is 14.7 Å². The highest BCUT2D eigenvalue weighted by Crippen LogP contribution is 2.18. The van der Waals surface area contributed by atoms with E-state index < -0.39 is 5.97 Å². The number of carboxylic acid groups (broad SMARTS) is 1. The molecule has 1 saturated heterocycles. The zero-order valence-corrected chi connectivity index (χ0v) is 15.1. The number of nitrogen functional groups attached to an aromatic ring is 1. The third-order valence-corrected chi connectivity index (χ3v) is 4.53. The van der Waals surface area contributed by atoms with E-state index in [9.17, 15) is 9.59 Å². The SMILES string of the molecule is CNC(=O)c1ccc(N2CCN(Cc3cnc(C(=O)O)c(N)c3)CC2)cn1. The molecule has 2 aromatic rings. The van der Waals surface area contributed by atoms with Gasteiger partial charge in [0.05, 0.1) is 17.6 Å². The minimum absolute atomic E-state index is 0.115. The Morgan fingerprint density at radius 1 is 1.19 bits per heavy atom. The van der Waals surface area contributed by atoms with Gasteiger partial charge < -0.3 is 21.1 Å². The number of nitrogens with zero attached hydrogens (tertiary/aromatic N) is 4. The number of nitrogens with one attached hydrogen (secondary N) is 1. The second kappa shape index (κ2) is 8.00. The van der Waals surface area contributed by atoms with Crippen molar-refractivity contribution in [1.82, 2.24) is 20.2 Å². The summed E-state index contributed by atoms with van der Waals surface area (Å²) in [5.41, 5.74) is 8.10. The van der Waals surface area contributed by atoms with Gasteiger partial charge in [-0.2, -0.15) is 0 Å². The van der Waals surface area contributed by atoms with Crippen LogP contribution in [-0.4, -0.2) is 65.1 Å². The van der Waals surface area contributed by atoms with Gasteiger partial charge in [-0.05, 0) is 23.8 Å². The molecule has 0 spiro atoms. The average Bonchev–Trinajstić information content (AvgIpc) is 2.68. The van der Waals surface area contributed by atoms with E-state index in [2.05, 4.69) is 25.1 Å². The number of carbonyl (C=O) groups is 2. The molecule has 0 radical (unpaired) electrons. The van der Waals surface area contributed by atoms with Crippen LogP contribution < -0.4 is 16.0 Å². The number of aromatic carboxylic acids is 1. The monoisotopic (exact) mass is 370 g/mol. The van der Waals surface area contributed by atoms with E-state index in [0.717, 1.165) is 37.4 Å². The van der Waals surface area contributed by atoms with Crippen LogP contribution in [-0.2, 0) is 6.54 Å². The maximum absolute atomic E-state index is 11.6. The first-order valence-electron chi connectivity index (χ1n) is 8.61. The molecule has 9 nitrogen and oxygen atoms in total. The summed E-state index contributed by atoms with van der Waals surface area (Å²) in [6, 6.07) is 5.30. The van der Waals surface area contributed by atoms with Gasteiger partial charge >= 0.3 is 5.97 Å². The molecule has 1 fully saturated rings. The third kappa shape index (κ3) is 4.32. The van der Waals surface area contributed by atoms with E-state index in [0.29, 0.717) is 12.2 Å². The zero-order chi connectivity index (χ0) is 19.4. The number of carboxylic acids is 1. The normalized spacial score (nSPS) is 14.8. The van der Waals surface area contributed by atoms with E-state index in [1.54, 1.807) is 31.6 Å². The van der Waals surface area contributed by atoms with Crippen molar-refractivity contribution in [3.63, 3.8) is 0 Å². The van der Waals surface area contributed by atoms with Crippen molar-refractivity contribution in [3.05, 3.63) is 47.5 Å². The van der Waals surface area contributed by atoms with Gasteiger partial charge in [-0.1, -0.05) is 0 Å². The Bertz CT molecular complexity index is 831. The molecule has 0 bridgehead atoms. The number of nitrogens with two attached hydrogens (primary N) is 1. The van der Waals surface area contributed by atoms with Gasteiger partial charge in [0.15, 0.2) is 5.69 Å². The first kappa shape index (κ1) is 18.6. The Hall–Kier alpha value is -3.20. The number of pyridine rings is 2. The van der Waals surface area contributed by atoms with E-state index >= 15 is 0 Å². The molecule has 0 aromatic carbocycles. The molecule has 9 heteroatoms. The number of aromatic nitrogens is 2.